The lowest BCUT2D eigenvalue weighted by atomic mass is 9.99. The summed E-state index contributed by atoms with van der Waals surface area (Å²) in [6, 6.07) is 3.21. The van der Waals surface area contributed by atoms with Gasteiger partial charge in [-0.1, -0.05) is 12.8 Å². The molecule has 0 radical (unpaired) electrons. The van der Waals surface area contributed by atoms with Gasteiger partial charge in [0.15, 0.2) is 0 Å². The van der Waals surface area contributed by atoms with Gasteiger partial charge in [-0.25, -0.2) is 13.1 Å². The Morgan fingerprint density at radius 3 is 2.53 bits per heavy atom. The van der Waals surface area contributed by atoms with Crippen molar-refractivity contribution < 1.29 is 8.42 Å². The van der Waals surface area contributed by atoms with Gasteiger partial charge in [0.2, 0.25) is 10.0 Å². The number of nitrogens with two attached hydrogens (primary N) is 1. The molecule has 1 aliphatic rings. The van der Waals surface area contributed by atoms with Crippen LogP contribution < -0.4 is 10.5 Å². The summed E-state index contributed by atoms with van der Waals surface area (Å²) in [6.45, 7) is 0.358. The molecule has 0 aromatic carbocycles. The van der Waals surface area contributed by atoms with E-state index in [-0.39, 0.29) is 18.4 Å². The summed E-state index contributed by atoms with van der Waals surface area (Å²) in [6.07, 6.45) is 4.48. The highest BCUT2D eigenvalue weighted by Gasteiger charge is 2.28. The van der Waals surface area contributed by atoms with Gasteiger partial charge in [-0.15, -0.1) is 23.7 Å². The number of nitrogens with one attached hydrogen (secondary N) is 1. The molecule has 1 heterocycles. The van der Waals surface area contributed by atoms with E-state index in [1.807, 2.05) is 0 Å². The van der Waals surface area contributed by atoms with Crippen LogP contribution in [0.4, 0.5) is 0 Å². The van der Waals surface area contributed by atoms with Crippen LogP contribution >= 0.6 is 39.7 Å². The van der Waals surface area contributed by atoms with Crippen LogP contribution in [0.25, 0.3) is 0 Å². The zero-order valence-electron chi connectivity index (χ0n) is 10.3. The summed E-state index contributed by atoms with van der Waals surface area (Å²) >= 11 is 4.49. The second-order valence-electron chi connectivity index (χ2n) is 4.57. The van der Waals surface area contributed by atoms with Crippen molar-refractivity contribution in [1.29, 1.82) is 0 Å². The molecule has 1 fully saturated rings. The van der Waals surface area contributed by atoms with Crippen LogP contribution in [0.2, 0.25) is 0 Å². The maximum atomic E-state index is 12.2. The molecule has 4 nitrogen and oxygen atoms in total. The smallest absolute Gasteiger partial charge is 0.250 e. The Morgan fingerprint density at radius 2 is 2.05 bits per heavy atom. The van der Waals surface area contributed by atoms with Crippen LogP contribution in [0.3, 0.4) is 0 Å². The largest absolute Gasteiger partial charge is 0.329 e. The van der Waals surface area contributed by atoms with Crippen LogP contribution in [0.15, 0.2) is 20.1 Å². The van der Waals surface area contributed by atoms with Crippen molar-refractivity contribution in [3.05, 3.63) is 15.9 Å². The summed E-state index contributed by atoms with van der Waals surface area (Å²) < 4.78 is 28.3. The molecule has 1 aromatic heterocycles. The van der Waals surface area contributed by atoms with Gasteiger partial charge in [-0.05, 0) is 46.8 Å². The average molecular weight is 390 g/mol. The summed E-state index contributed by atoms with van der Waals surface area (Å²) in [4.78, 5) is 0. The molecule has 110 valence electrons. The lowest BCUT2D eigenvalue weighted by Gasteiger charge is -2.22. The fourth-order valence-corrected chi connectivity index (χ4v) is 5.74. The third-order valence-electron chi connectivity index (χ3n) is 3.34. The predicted octanol–water partition coefficient (Wildman–Crippen LogP) is 2.73. The first kappa shape index (κ1) is 17.4. The van der Waals surface area contributed by atoms with Crippen LogP contribution in [0.5, 0.6) is 0 Å². The maximum Gasteiger partial charge on any atom is 0.250 e. The second-order valence-corrected chi connectivity index (χ2v) is 8.97. The van der Waals surface area contributed by atoms with Crippen LogP contribution in [0.1, 0.15) is 25.7 Å². The van der Waals surface area contributed by atoms with Crippen molar-refractivity contribution in [2.45, 2.75) is 35.9 Å². The Hall–Kier alpha value is 0.340. The molecule has 0 saturated heterocycles. The number of rotatable bonds is 5. The molecule has 1 aliphatic carbocycles. The fourth-order valence-electron chi connectivity index (χ4n) is 2.40. The third kappa shape index (κ3) is 4.41. The molecule has 0 bridgehead atoms. The zero-order chi connectivity index (χ0) is 13.2. The van der Waals surface area contributed by atoms with Crippen LogP contribution in [-0.4, -0.2) is 21.0 Å². The summed E-state index contributed by atoms with van der Waals surface area (Å²) in [5.74, 6) is 0.383. The molecule has 1 saturated carbocycles. The average Bonchev–Trinajstić information content (AvgIpc) is 2.96. The number of sulfonamides is 1. The minimum absolute atomic E-state index is 0. The molecule has 1 aromatic rings. The van der Waals surface area contributed by atoms with E-state index in [2.05, 4.69) is 20.7 Å². The number of hydrogen-bond acceptors (Lipinski definition) is 4. The standard InChI is InChI=1S/C11H17BrN2O2S2.ClH/c12-10-5-6-11(17-10)18(15,16)14-9(7-13)8-3-1-2-4-8;/h5-6,8-9,14H,1-4,7,13H2;1H. The first-order chi connectivity index (χ1) is 8.53. The number of thiophene rings is 1. The van der Waals surface area contributed by atoms with E-state index in [9.17, 15) is 8.42 Å². The Balaban J connectivity index is 0.00000180. The Morgan fingerprint density at radius 1 is 1.42 bits per heavy atom. The van der Waals surface area contributed by atoms with Crippen molar-refractivity contribution >= 4 is 49.7 Å². The lowest BCUT2D eigenvalue weighted by molar-refractivity contribution is 0.406. The third-order valence-corrected chi connectivity index (χ3v) is 6.95. The molecule has 1 atom stereocenters. The maximum absolute atomic E-state index is 12.2. The SMILES string of the molecule is Cl.NCC(NS(=O)(=O)c1ccc(Br)s1)C1CCCC1. The highest BCUT2D eigenvalue weighted by molar-refractivity contribution is 9.11. The minimum Gasteiger partial charge on any atom is -0.329 e. The van der Waals surface area contributed by atoms with E-state index in [1.54, 1.807) is 12.1 Å². The molecule has 2 rings (SSSR count). The van der Waals surface area contributed by atoms with E-state index in [0.717, 1.165) is 16.6 Å². The van der Waals surface area contributed by atoms with Gasteiger partial charge in [-0.3, -0.25) is 0 Å². The van der Waals surface area contributed by atoms with Crippen molar-refractivity contribution in [3.8, 4) is 0 Å². The molecule has 19 heavy (non-hydrogen) atoms. The monoisotopic (exact) mass is 388 g/mol. The highest BCUT2D eigenvalue weighted by Crippen LogP contribution is 2.30. The number of halogens is 2. The van der Waals surface area contributed by atoms with Crippen molar-refractivity contribution in [1.82, 2.24) is 4.72 Å². The van der Waals surface area contributed by atoms with Gasteiger partial charge in [0.05, 0.1) is 3.79 Å². The molecule has 3 N–H and O–H groups in total. The molecular formula is C11H18BrClN2O2S2. The van der Waals surface area contributed by atoms with E-state index >= 15 is 0 Å². The zero-order valence-corrected chi connectivity index (χ0v) is 14.4. The van der Waals surface area contributed by atoms with Gasteiger partial charge < -0.3 is 5.73 Å². The number of hydrogen-bond donors (Lipinski definition) is 2. The highest BCUT2D eigenvalue weighted by atomic mass is 79.9. The molecule has 0 amide bonds. The van der Waals surface area contributed by atoms with Crippen LogP contribution in [-0.2, 0) is 10.0 Å². The molecular weight excluding hydrogens is 372 g/mol. The molecule has 1 unspecified atom stereocenters. The van der Waals surface area contributed by atoms with Gasteiger partial charge in [0, 0.05) is 12.6 Å². The lowest BCUT2D eigenvalue weighted by Crippen LogP contribution is -2.44. The summed E-state index contributed by atoms with van der Waals surface area (Å²) in [5.41, 5.74) is 5.71. The van der Waals surface area contributed by atoms with Gasteiger partial charge >= 0.3 is 0 Å². The fraction of sp³-hybridized carbons (Fsp3) is 0.636. The Bertz CT molecular complexity index is 501. The summed E-state index contributed by atoms with van der Waals surface area (Å²) in [7, 11) is -3.43. The van der Waals surface area contributed by atoms with Crippen molar-refractivity contribution in [2.75, 3.05) is 6.54 Å². The molecule has 0 spiro atoms. The van der Waals surface area contributed by atoms with E-state index in [0.29, 0.717) is 16.7 Å². The van der Waals surface area contributed by atoms with Crippen molar-refractivity contribution in [2.24, 2.45) is 11.7 Å². The minimum atomic E-state index is -3.43. The van der Waals surface area contributed by atoms with E-state index in [1.165, 1.54) is 24.2 Å². The van der Waals surface area contributed by atoms with Gasteiger partial charge in [0.25, 0.3) is 0 Å². The molecule has 0 aliphatic heterocycles. The first-order valence-electron chi connectivity index (χ1n) is 6.00. The Kier molecular flexibility index (Phi) is 6.75. The topological polar surface area (TPSA) is 72.2 Å². The predicted molar refractivity (Wildman–Crippen MR) is 84.4 cm³/mol. The quantitative estimate of drug-likeness (QED) is 0.813. The van der Waals surface area contributed by atoms with E-state index < -0.39 is 10.0 Å². The second kappa shape index (κ2) is 7.38. The molecule has 8 heteroatoms. The van der Waals surface area contributed by atoms with E-state index in [4.69, 9.17) is 5.73 Å². The van der Waals surface area contributed by atoms with Gasteiger partial charge in [0.1, 0.15) is 4.21 Å². The van der Waals surface area contributed by atoms with Crippen LogP contribution in [0, 0.1) is 5.92 Å². The first-order valence-corrected chi connectivity index (χ1v) is 9.10. The summed E-state index contributed by atoms with van der Waals surface area (Å²) in [5, 5.41) is 0. The van der Waals surface area contributed by atoms with Crippen molar-refractivity contribution in [3.63, 3.8) is 0 Å². The van der Waals surface area contributed by atoms with Gasteiger partial charge in [-0.2, -0.15) is 0 Å². The Labute approximate surface area is 132 Å². The normalized spacial score (nSPS) is 18.2.